The van der Waals surface area contributed by atoms with E-state index in [1.807, 2.05) is 0 Å². The average Bonchev–Trinajstić information content (AvgIpc) is 2.65. The van der Waals surface area contributed by atoms with Gasteiger partial charge >= 0.3 is 5.97 Å². The van der Waals surface area contributed by atoms with Crippen LogP contribution in [0.1, 0.15) is 36.4 Å². The van der Waals surface area contributed by atoms with Crippen molar-refractivity contribution in [1.29, 1.82) is 5.41 Å². The first kappa shape index (κ1) is 22.5. The Hall–Kier alpha value is -3.82. The summed E-state index contributed by atoms with van der Waals surface area (Å²) in [6, 6.07) is 7.58. The van der Waals surface area contributed by atoms with Crippen LogP contribution < -0.4 is 16.4 Å². The van der Waals surface area contributed by atoms with Crippen molar-refractivity contribution in [2.24, 2.45) is 5.73 Å². The van der Waals surface area contributed by atoms with Gasteiger partial charge in [-0.1, -0.05) is 0 Å². The third-order valence-electron chi connectivity index (χ3n) is 4.06. The molecule has 0 saturated heterocycles. The highest BCUT2D eigenvalue weighted by Crippen LogP contribution is 2.20. The number of amides is 2. The summed E-state index contributed by atoms with van der Waals surface area (Å²) in [6.07, 6.45) is -1.04. The van der Waals surface area contributed by atoms with Gasteiger partial charge in [-0.05, 0) is 42.0 Å². The third-order valence-corrected chi connectivity index (χ3v) is 4.06. The summed E-state index contributed by atoms with van der Waals surface area (Å²) in [5, 5.41) is 21.3. The van der Waals surface area contributed by atoms with Crippen LogP contribution in [0.2, 0.25) is 0 Å². The lowest BCUT2D eigenvalue weighted by Crippen LogP contribution is -2.31. The molecule has 0 spiro atoms. The minimum Gasteiger partial charge on any atom is -0.481 e. The molecule has 2 amide bonds. The van der Waals surface area contributed by atoms with Gasteiger partial charge in [-0.2, -0.15) is 0 Å². The topological polar surface area (TPSA) is 145 Å². The highest BCUT2D eigenvalue weighted by atomic mass is 19.1. The number of nitrogen functional groups attached to an aromatic ring is 1. The van der Waals surface area contributed by atoms with Crippen molar-refractivity contribution in [2.45, 2.75) is 25.3 Å². The van der Waals surface area contributed by atoms with Crippen molar-refractivity contribution >= 4 is 29.3 Å². The summed E-state index contributed by atoms with van der Waals surface area (Å²) in [6.45, 7) is 0. The summed E-state index contributed by atoms with van der Waals surface area (Å²) in [5.74, 6) is -4.29. The zero-order valence-electron chi connectivity index (χ0n) is 15.7. The Bertz CT molecular complexity index is 944. The van der Waals surface area contributed by atoms with Gasteiger partial charge in [0, 0.05) is 30.2 Å². The number of carboxylic acids is 1. The number of halogens is 2. The Morgan fingerprint density at radius 1 is 1.00 bits per heavy atom. The van der Waals surface area contributed by atoms with Gasteiger partial charge in [-0.15, -0.1) is 0 Å². The summed E-state index contributed by atoms with van der Waals surface area (Å²) < 4.78 is 26.8. The molecular weight excluding hydrogens is 398 g/mol. The van der Waals surface area contributed by atoms with E-state index < -0.39 is 41.9 Å². The normalized spacial score (nSPS) is 11.4. The van der Waals surface area contributed by atoms with Crippen molar-refractivity contribution in [3.05, 3.63) is 65.2 Å². The standard InChI is InChI=1S/C20H20F2N4O4/c21-13-7-12(8-14(22)9-13)16(10-19(29)30)26-18(28)6-5-17(27)25-15-3-1-11(2-4-15)20(23)24/h1-4,7-9,16H,5-6,10H2,(H3,23,24)(H,25,27)(H,26,28)(H,29,30). The second-order valence-electron chi connectivity index (χ2n) is 6.46. The molecule has 1 atom stereocenters. The molecule has 6 N–H and O–H groups in total. The number of aliphatic carboxylic acids is 1. The quantitative estimate of drug-likeness (QED) is 0.313. The third kappa shape index (κ3) is 6.97. The smallest absolute Gasteiger partial charge is 0.305 e. The second kappa shape index (κ2) is 10.1. The molecular formula is C20H20F2N4O4. The number of amidine groups is 1. The molecule has 10 heteroatoms. The lowest BCUT2D eigenvalue weighted by molar-refractivity contribution is -0.138. The fourth-order valence-corrected chi connectivity index (χ4v) is 2.65. The first-order valence-corrected chi connectivity index (χ1v) is 8.85. The number of carbonyl (C=O) groups is 3. The molecule has 0 fully saturated rings. The molecule has 0 aliphatic rings. The molecule has 2 rings (SSSR count). The van der Waals surface area contributed by atoms with Gasteiger partial charge in [0.1, 0.15) is 17.5 Å². The van der Waals surface area contributed by atoms with E-state index >= 15 is 0 Å². The number of carbonyl (C=O) groups excluding carboxylic acids is 2. The molecule has 0 aliphatic carbocycles. The number of carboxylic acid groups (broad SMARTS) is 1. The van der Waals surface area contributed by atoms with Crippen molar-refractivity contribution in [2.75, 3.05) is 5.32 Å². The first-order valence-electron chi connectivity index (χ1n) is 8.85. The van der Waals surface area contributed by atoms with Crippen LogP contribution in [-0.2, 0) is 14.4 Å². The van der Waals surface area contributed by atoms with Crippen LogP contribution in [0.5, 0.6) is 0 Å². The van der Waals surface area contributed by atoms with Gasteiger partial charge in [0.2, 0.25) is 11.8 Å². The van der Waals surface area contributed by atoms with Crippen molar-refractivity contribution in [3.8, 4) is 0 Å². The van der Waals surface area contributed by atoms with Crippen molar-refractivity contribution in [3.63, 3.8) is 0 Å². The van der Waals surface area contributed by atoms with Gasteiger partial charge in [-0.25, -0.2) is 8.78 Å². The Kier molecular flexibility index (Phi) is 7.56. The van der Waals surface area contributed by atoms with E-state index in [1.165, 1.54) is 0 Å². The zero-order valence-corrected chi connectivity index (χ0v) is 15.7. The number of benzene rings is 2. The molecule has 0 bridgehead atoms. The van der Waals surface area contributed by atoms with E-state index in [4.69, 9.17) is 16.2 Å². The summed E-state index contributed by atoms with van der Waals surface area (Å²) in [5.41, 5.74) is 6.26. The number of hydrogen-bond donors (Lipinski definition) is 5. The SMILES string of the molecule is N=C(N)c1ccc(NC(=O)CCC(=O)NC(CC(=O)O)c2cc(F)cc(F)c2)cc1. The second-order valence-corrected chi connectivity index (χ2v) is 6.46. The lowest BCUT2D eigenvalue weighted by atomic mass is 10.0. The van der Waals surface area contributed by atoms with Crippen LogP contribution in [0.25, 0.3) is 0 Å². The molecule has 0 radical (unpaired) electrons. The maximum atomic E-state index is 13.4. The Morgan fingerprint density at radius 3 is 2.10 bits per heavy atom. The van der Waals surface area contributed by atoms with Crippen LogP contribution in [0, 0.1) is 17.0 Å². The summed E-state index contributed by atoms with van der Waals surface area (Å²) in [4.78, 5) is 35.2. The van der Waals surface area contributed by atoms with Crippen LogP contribution in [0.3, 0.4) is 0 Å². The van der Waals surface area contributed by atoms with Crippen LogP contribution >= 0.6 is 0 Å². The molecule has 1 unspecified atom stereocenters. The minimum absolute atomic E-state index is 0.0294. The van der Waals surface area contributed by atoms with Gasteiger partial charge in [0.25, 0.3) is 0 Å². The van der Waals surface area contributed by atoms with E-state index in [9.17, 15) is 23.2 Å². The lowest BCUT2D eigenvalue weighted by Gasteiger charge is -2.18. The molecule has 0 aromatic heterocycles. The molecule has 30 heavy (non-hydrogen) atoms. The van der Waals surface area contributed by atoms with Gasteiger partial charge in [-0.3, -0.25) is 19.8 Å². The molecule has 0 heterocycles. The van der Waals surface area contributed by atoms with Crippen LogP contribution in [0.15, 0.2) is 42.5 Å². The maximum absolute atomic E-state index is 13.4. The predicted molar refractivity (Wildman–Crippen MR) is 105 cm³/mol. The van der Waals surface area contributed by atoms with E-state index in [1.54, 1.807) is 24.3 Å². The van der Waals surface area contributed by atoms with Gasteiger partial charge in [0.15, 0.2) is 0 Å². The van der Waals surface area contributed by atoms with Crippen molar-refractivity contribution in [1.82, 2.24) is 5.32 Å². The monoisotopic (exact) mass is 418 g/mol. The summed E-state index contributed by atoms with van der Waals surface area (Å²) >= 11 is 0. The first-order chi connectivity index (χ1) is 14.1. The Morgan fingerprint density at radius 2 is 1.57 bits per heavy atom. The fourth-order valence-electron chi connectivity index (χ4n) is 2.65. The Balaban J connectivity index is 1.93. The number of hydrogen-bond acceptors (Lipinski definition) is 4. The maximum Gasteiger partial charge on any atom is 0.305 e. The number of nitrogens with two attached hydrogens (primary N) is 1. The van der Waals surface area contributed by atoms with E-state index in [-0.39, 0.29) is 24.2 Å². The summed E-state index contributed by atoms with van der Waals surface area (Å²) in [7, 11) is 0. The van der Waals surface area contributed by atoms with E-state index in [0.717, 1.165) is 12.1 Å². The number of nitrogens with one attached hydrogen (secondary N) is 3. The molecule has 2 aromatic carbocycles. The zero-order chi connectivity index (χ0) is 22.3. The Labute approximate surface area is 170 Å². The van der Waals surface area contributed by atoms with Gasteiger partial charge < -0.3 is 21.5 Å². The predicted octanol–water partition coefficient (Wildman–Crippen LogP) is 2.30. The molecule has 8 nitrogen and oxygen atoms in total. The van der Waals surface area contributed by atoms with Crippen LogP contribution in [0.4, 0.5) is 14.5 Å². The van der Waals surface area contributed by atoms with Crippen molar-refractivity contribution < 1.29 is 28.3 Å². The fraction of sp³-hybridized carbons (Fsp3) is 0.200. The number of rotatable bonds is 9. The van der Waals surface area contributed by atoms with Gasteiger partial charge in [0.05, 0.1) is 12.5 Å². The highest BCUT2D eigenvalue weighted by Gasteiger charge is 2.20. The van der Waals surface area contributed by atoms with E-state index in [0.29, 0.717) is 17.3 Å². The van der Waals surface area contributed by atoms with Crippen LogP contribution in [-0.4, -0.2) is 28.7 Å². The molecule has 2 aromatic rings. The number of anilines is 1. The molecule has 158 valence electrons. The average molecular weight is 418 g/mol. The minimum atomic E-state index is -1.27. The largest absolute Gasteiger partial charge is 0.481 e. The molecule has 0 saturated carbocycles. The van der Waals surface area contributed by atoms with E-state index in [2.05, 4.69) is 10.6 Å². The molecule has 0 aliphatic heterocycles. The highest BCUT2D eigenvalue weighted by molar-refractivity contribution is 5.96.